The predicted octanol–water partition coefficient (Wildman–Crippen LogP) is 5.04. The minimum absolute atomic E-state index is 0.235. The van der Waals surface area contributed by atoms with E-state index in [0.29, 0.717) is 10.0 Å². The molecule has 2 rings (SSSR count). The number of nitrogens with one attached hydrogen (secondary N) is 1. The van der Waals surface area contributed by atoms with E-state index in [1.807, 2.05) is 30.6 Å². The van der Waals surface area contributed by atoms with Crippen molar-refractivity contribution in [1.29, 1.82) is 0 Å². The van der Waals surface area contributed by atoms with Crippen LogP contribution in [0.15, 0.2) is 23.7 Å². The molecule has 5 heteroatoms. The molecular formula is C15H18Cl2N2S. The number of hydrogen-bond donors (Lipinski definition) is 1. The quantitative estimate of drug-likeness (QED) is 0.803. The summed E-state index contributed by atoms with van der Waals surface area (Å²) < 4.78 is 0. The van der Waals surface area contributed by atoms with E-state index in [0.717, 1.165) is 30.6 Å². The van der Waals surface area contributed by atoms with Gasteiger partial charge < -0.3 is 5.32 Å². The second-order valence-corrected chi connectivity index (χ2v) is 6.40. The maximum atomic E-state index is 6.30. The molecule has 20 heavy (non-hydrogen) atoms. The molecule has 0 spiro atoms. The van der Waals surface area contributed by atoms with Gasteiger partial charge in [-0.2, -0.15) is 0 Å². The fourth-order valence-electron chi connectivity index (χ4n) is 2.15. The van der Waals surface area contributed by atoms with Gasteiger partial charge in [-0.25, -0.2) is 4.98 Å². The van der Waals surface area contributed by atoms with Crippen LogP contribution in [0.3, 0.4) is 0 Å². The van der Waals surface area contributed by atoms with E-state index in [-0.39, 0.29) is 6.04 Å². The molecule has 1 aromatic heterocycles. The molecule has 1 atom stereocenters. The smallest absolute Gasteiger partial charge is 0.0798 e. The molecule has 0 saturated heterocycles. The maximum Gasteiger partial charge on any atom is 0.0798 e. The van der Waals surface area contributed by atoms with Crippen molar-refractivity contribution in [2.75, 3.05) is 6.54 Å². The zero-order chi connectivity index (χ0) is 14.5. The third kappa shape index (κ3) is 3.73. The molecule has 1 N–H and O–H groups in total. The van der Waals surface area contributed by atoms with Crippen LogP contribution in [0.4, 0.5) is 0 Å². The van der Waals surface area contributed by atoms with Crippen molar-refractivity contribution in [2.24, 2.45) is 0 Å². The Morgan fingerprint density at radius 2 is 2.15 bits per heavy atom. The number of rotatable bonds is 6. The Balaban J connectivity index is 2.24. The van der Waals surface area contributed by atoms with Gasteiger partial charge in [-0.05, 0) is 37.9 Å². The Labute approximate surface area is 134 Å². The van der Waals surface area contributed by atoms with Crippen LogP contribution in [0.1, 0.15) is 35.5 Å². The molecule has 0 fully saturated rings. The zero-order valence-electron chi connectivity index (χ0n) is 11.6. The van der Waals surface area contributed by atoms with E-state index in [2.05, 4.69) is 17.2 Å². The van der Waals surface area contributed by atoms with Gasteiger partial charge in [0, 0.05) is 10.9 Å². The fourth-order valence-corrected chi connectivity index (χ4v) is 3.42. The molecule has 0 aliphatic heterocycles. The van der Waals surface area contributed by atoms with Crippen molar-refractivity contribution in [3.63, 3.8) is 0 Å². The number of aryl methyl sites for hydroxylation is 1. The molecule has 0 aliphatic carbocycles. The third-order valence-corrected chi connectivity index (χ3v) is 5.10. The first-order valence-electron chi connectivity index (χ1n) is 6.69. The molecule has 1 heterocycles. The highest BCUT2D eigenvalue weighted by molar-refractivity contribution is 7.09. The lowest BCUT2D eigenvalue weighted by Crippen LogP contribution is -2.24. The van der Waals surface area contributed by atoms with Gasteiger partial charge in [-0.15, -0.1) is 11.3 Å². The van der Waals surface area contributed by atoms with Gasteiger partial charge in [-0.3, -0.25) is 0 Å². The van der Waals surface area contributed by atoms with E-state index in [9.17, 15) is 0 Å². The van der Waals surface area contributed by atoms with E-state index in [4.69, 9.17) is 23.2 Å². The molecular weight excluding hydrogens is 311 g/mol. The molecule has 0 saturated carbocycles. The Hall–Kier alpha value is -0.610. The maximum absolute atomic E-state index is 6.30. The summed E-state index contributed by atoms with van der Waals surface area (Å²) in [6, 6.07) is 6.03. The normalized spacial score (nSPS) is 12.6. The lowest BCUT2D eigenvalue weighted by Gasteiger charge is -2.19. The Bertz CT molecular complexity index is 569. The summed E-state index contributed by atoms with van der Waals surface area (Å²) in [5.74, 6) is 0. The monoisotopic (exact) mass is 328 g/mol. The van der Waals surface area contributed by atoms with Gasteiger partial charge in [0.2, 0.25) is 0 Å². The molecule has 1 aromatic carbocycles. The number of hydrogen-bond acceptors (Lipinski definition) is 3. The highest BCUT2D eigenvalue weighted by Gasteiger charge is 2.18. The van der Waals surface area contributed by atoms with Crippen molar-refractivity contribution >= 4 is 34.5 Å². The SMILES string of the molecule is CCCNC(Cc1cccc(Cl)c1Cl)c1scnc1C. The lowest BCUT2D eigenvalue weighted by atomic mass is 10.0. The summed E-state index contributed by atoms with van der Waals surface area (Å²) in [7, 11) is 0. The van der Waals surface area contributed by atoms with E-state index in [1.165, 1.54) is 4.88 Å². The largest absolute Gasteiger partial charge is 0.309 e. The Morgan fingerprint density at radius 1 is 1.35 bits per heavy atom. The van der Waals surface area contributed by atoms with Crippen molar-refractivity contribution in [1.82, 2.24) is 10.3 Å². The topological polar surface area (TPSA) is 24.9 Å². The van der Waals surface area contributed by atoms with Gasteiger partial charge in [0.1, 0.15) is 0 Å². The molecule has 0 bridgehead atoms. The third-order valence-electron chi connectivity index (χ3n) is 3.20. The van der Waals surface area contributed by atoms with Crippen molar-refractivity contribution in [3.05, 3.63) is 49.9 Å². The van der Waals surface area contributed by atoms with Gasteiger partial charge in [0.05, 0.1) is 21.2 Å². The van der Waals surface area contributed by atoms with Crippen LogP contribution in [-0.4, -0.2) is 11.5 Å². The van der Waals surface area contributed by atoms with E-state index >= 15 is 0 Å². The van der Waals surface area contributed by atoms with Crippen molar-refractivity contribution in [2.45, 2.75) is 32.7 Å². The first-order valence-corrected chi connectivity index (χ1v) is 8.33. The molecule has 0 radical (unpaired) electrons. The molecule has 0 aliphatic rings. The van der Waals surface area contributed by atoms with Crippen LogP contribution in [0.25, 0.3) is 0 Å². The first kappa shape index (κ1) is 15.8. The van der Waals surface area contributed by atoms with Gasteiger partial charge in [0.25, 0.3) is 0 Å². The van der Waals surface area contributed by atoms with Crippen LogP contribution >= 0.6 is 34.5 Å². The number of halogens is 2. The van der Waals surface area contributed by atoms with Crippen LogP contribution in [0, 0.1) is 6.92 Å². The standard InChI is InChI=1S/C15H18Cl2N2S/c1-3-7-18-13(15-10(2)19-9-20-15)8-11-5-4-6-12(16)14(11)17/h4-6,9,13,18H,3,7-8H2,1-2H3. The Kier molecular flexibility index (Phi) is 5.85. The van der Waals surface area contributed by atoms with Gasteiger partial charge in [-0.1, -0.05) is 42.3 Å². The summed E-state index contributed by atoms with van der Waals surface area (Å²) in [6.07, 6.45) is 1.92. The van der Waals surface area contributed by atoms with Crippen molar-refractivity contribution < 1.29 is 0 Å². The number of aromatic nitrogens is 1. The van der Waals surface area contributed by atoms with Crippen molar-refractivity contribution in [3.8, 4) is 0 Å². The summed E-state index contributed by atoms with van der Waals surface area (Å²) in [5.41, 5.74) is 4.05. The Morgan fingerprint density at radius 3 is 2.80 bits per heavy atom. The lowest BCUT2D eigenvalue weighted by molar-refractivity contribution is 0.534. The van der Waals surface area contributed by atoms with Crippen LogP contribution in [0.5, 0.6) is 0 Å². The molecule has 0 amide bonds. The molecule has 108 valence electrons. The van der Waals surface area contributed by atoms with Crippen LogP contribution < -0.4 is 5.32 Å². The number of thiazole rings is 1. The first-order chi connectivity index (χ1) is 9.63. The summed E-state index contributed by atoms with van der Waals surface area (Å²) in [6.45, 7) is 5.18. The molecule has 2 aromatic rings. The zero-order valence-corrected chi connectivity index (χ0v) is 13.9. The summed E-state index contributed by atoms with van der Waals surface area (Å²) in [5, 5.41) is 4.84. The average Bonchev–Trinajstić information content (AvgIpc) is 2.85. The minimum Gasteiger partial charge on any atom is -0.309 e. The second kappa shape index (κ2) is 7.41. The summed E-state index contributed by atoms with van der Waals surface area (Å²) in [4.78, 5) is 5.62. The van der Waals surface area contributed by atoms with Crippen LogP contribution in [0.2, 0.25) is 10.0 Å². The molecule has 2 nitrogen and oxygen atoms in total. The molecule has 1 unspecified atom stereocenters. The predicted molar refractivity (Wildman–Crippen MR) is 88.1 cm³/mol. The highest BCUT2D eigenvalue weighted by atomic mass is 35.5. The number of benzene rings is 1. The van der Waals surface area contributed by atoms with Gasteiger partial charge in [0.15, 0.2) is 0 Å². The fraction of sp³-hybridized carbons (Fsp3) is 0.400. The highest BCUT2D eigenvalue weighted by Crippen LogP contribution is 2.31. The minimum atomic E-state index is 0.235. The van der Waals surface area contributed by atoms with Gasteiger partial charge >= 0.3 is 0 Å². The van der Waals surface area contributed by atoms with E-state index < -0.39 is 0 Å². The number of nitrogens with zero attached hydrogens (tertiary/aromatic N) is 1. The second-order valence-electron chi connectivity index (χ2n) is 4.73. The summed E-state index contributed by atoms with van der Waals surface area (Å²) >= 11 is 14.1. The average molecular weight is 329 g/mol. The van der Waals surface area contributed by atoms with E-state index in [1.54, 1.807) is 11.3 Å². The van der Waals surface area contributed by atoms with Crippen LogP contribution in [-0.2, 0) is 6.42 Å².